The van der Waals surface area contributed by atoms with Crippen molar-refractivity contribution in [2.75, 3.05) is 0 Å². The van der Waals surface area contributed by atoms with Gasteiger partial charge in [-0.3, -0.25) is 0 Å². The lowest BCUT2D eigenvalue weighted by Crippen LogP contribution is -2.18. The molecule has 6 nitrogen and oxygen atoms in total. The van der Waals surface area contributed by atoms with Crippen molar-refractivity contribution >= 4 is 92.9 Å². The van der Waals surface area contributed by atoms with Gasteiger partial charge in [0, 0.05) is 48.5 Å². The van der Waals surface area contributed by atoms with Crippen LogP contribution in [0.25, 0.3) is 126 Å². The zero-order valence-corrected chi connectivity index (χ0v) is 38.8. The van der Waals surface area contributed by atoms with E-state index < -0.39 is 5.41 Å². The first kappa shape index (κ1) is 39.4. The molecule has 0 saturated heterocycles. The van der Waals surface area contributed by atoms with E-state index in [1.54, 1.807) is 0 Å². The molecule has 6 heteroatoms. The highest BCUT2D eigenvalue weighted by molar-refractivity contribution is 6.18. The Morgan fingerprint density at radius 1 is 0.380 bits per heavy atom. The van der Waals surface area contributed by atoms with Gasteiger partial charge in [0.1, 0.15) is 6.07 Å². The third-order valence-electron chi connectivity index (χ3n) is 15.6. The average molecular weight is 905 g/mol. The van der Waals surface area contributed by atoms with Gasteiger partial charge in [0.15, 0.2) is 0 Å². The summed E-state index contributed by atoms with van der Waals surface area (Å²) in [6, 6.07) is 75.9. The molecule has 15 rings (SSSR count). The Bertz CT molecular complexity index is 4600. The highest BCUT2D eigenvalue weighted by Crippen LogP contribution is 2.56. The molecular formula is C65H40N6. The lowest BCUT2D eigenvalue weighted by atomic mass is 9.81. The van der Waals surface area contributed by atoms with Crippen LogP contribution in [0.5, 0.6) is 0 Å². The van der Waals surface area contributed by atoms with Crippen molar-refractivity contribution in [1.82, 2.24) is 18.3 Å². The number of para-hydroxylation sites is 7. The van der Waals surface area contributed by atoms with Crippen LogP contribution in [0.15, 0.2) is 206 Å². The predicted octanol–water partition coefficient (Wildman–Crippen LogP) is 16.8. The van der Waals surface area contributed by atoms with E-state index >= 15 is 0 Å². The Balaban J connectivity index is 1.30. The molecule has 1 aliphatic rings. The second-order valence-corrected chi connectivity index (χ2v) is 19.4. The first-order valence-electron chi connectivity index (χ1n) is 24.1. The minimum atomic E-state index is -0.418. The second-order valence-electron chi connectivity index (χ2n) is 19.4. The van der Waals surface area contributed by atoms with Gasteiger partial charge in [0.25, 0.3) is 0 Å². The number of fused-ring (bicyclic) bond motifs is 16. The van der Waals surface area contributed by atoms with Crippen LogP contribution in [0.4, 0.5) is 5.69 Å². The zero-order valence-electron chi connectivity index (χ0n) is 38.8. The van der Waals surface area contributed by atoms with E-state index in [9.17, 15) is 11.8 Å². The van der Waals surface area contributed by atoms with Crippen LogP contribution in [-0.2, 0) is 5.41 Å². The third-order valence-corrected chi connectivity index (χ3v) is 15.6. The quantitative estimate of drug-likeness (QED) is 0.162. The molecule has 0 N–H and O–H groups in total. The average Bonchev–Trinajstić information content (AvgIpc) is 4.19. The maximum absolute atomic E-state index is 12.6. The molecule has 0 amide bonds. The summed E-state index contributed by atoms with van der Waals surface area (Å²) in [5.74, 6) is 0. The third kappa shape index (κ3) is 4.98. The molecular weight excluding hydrogens is 865 g/mol. The van der Waals surface area contributed by atoms with E-state index in [-0.39, 0.29) is 0 Å². The largest absolute Gasteiger partial charge is 0.318 e. The normalized spacial score (nSPS) is 13.0. The Hall–Kier alpha value is -9.62. The van der Waals surface area contributed by atoms with Gasteiger partial charge in [-0.1, -0.05) is 178 Å². The van der Waals surface area contributed by atoms with Crippen molar-refractivity contribution < 1.29 is 0 Å². The molecule has 330 valence electrons. The fourth-order valence-corrected chi connectivity index (χ4v) is 12.8. The van der Waals surface area contributed by atoms with Crippen LogP contribution in [0.1, 0.15) is 30.5 Å². The summed E-state index contributed by atoms with van der Waals surface area (Å²) in [6.45, 7) is 14.4. The Kier molecular flexibility index (Phi) is 7.88. The highest BCUT2D eigenvalue weighted by Gasteiger charge is 2.40. The van der Waals surface area contributed by atoms with Crippen molar-refractivity contribution in [3.05, 3.63) is 234 Å². The number of nitrogens with zero attached hydrogens (tertiary/aromatic N) is 6. The molecule has 0 saturated carbocycles. The monoisotopic (exact) mass is 904 g/mol. The van der Waals surface area contributed by atoms with Crippen LogP contribution in [0.2, 0.25) is 0 Å². The van der Waals surface area contributed by atoms with E-state index in [2.05, 4.69) is 244 Å². The standard InChI is InChI=1S/C65H40N6/c1-65(2)50-28-12-4-20-39(50)47-36-37-48-46-27-11-19-35-57(46)71(60(48)58(47)65)62-49(38-66)61(68-51-29-13-5-21-40(51)41-22-6-14-30-52(41)68)59(67-3)63(69-53-31-15-7-23-42(53)43-24-8-16-32-54(43)69)64(62)70-55-33-17-9-25-44(55)45-26-10-18-34-56(45)70/h4-37H,1-2H3. The van der Waals surface area contributed by atoms with E-state index in [1.807, 2.05) is 0 Å². The topological polar surface area (TPSA) is 47.9 Å². The van der Waals surface area contributed by atoms with E-state index in [1.165, 1.54) is 22.3 Å². The second kappa shape index (κ2) is 14.2. The number of aromatic nitrogens is 4. The predicted molar refractivity (Wildman–Crippen MR) is 292 cm³/mol. The molecule has 10 aromatic carbocycles. The number of hydrogen-bond acceptors (Lipinski definition) is 1. The number of hydrogen-bond donors (Lipinski definition) is 0. The molecule has 0 unspecified atom stereocenters. The molecule has 1 aliphatic carbocycles. The molecule has 0 atom stereocenters. The summed E-state index contributed by atoms with van der Waals surface area (Å²) < 4.78 is 9.28. The fourth-order valence-electron chi connectivity index (χ4n) is 12.8. The van der Waals surface area contributed by atoms with Crippen molar-refractivity contribution in [3.8, 4) is 39.9 Å². The summed E-state index contributed by atoms with van der Waals surface area (Å²) in [4.78, 5) is 4.74. The van der Waals surface area contributed by atoms with E-state index in [4.69, 9.17) is 4.85 Å². The lowest BCUT2D eigenvalue weighted by Gasteiger charge is -2.28. The molecule has 0 fully saturated rings. The minimum absolute atomic E-state index is 0.374. The maximum Gasteiger partial charge on any atom is 0.237 e. The van der Waals surface area contributed by atoms with Crippen molar-refractivity contribution in [2.24, 2.45) is 0 Å². The summed E-state index contributed by atoms with van der Waals surface area (Å²) in [7, 11) is 0. The molecule has 4 aromatic heterocycles. The summed E-state index contributed by atoms with van der Waals surface area (Å²) >= 11 is 0. The smallest absolute Gasteiger partial charge is 0.237 e. The molecule has 71 heavy (non-hydrogen) atoms. The van der Waals surface area contributed by atoms with Crippen LogP contribution >= 0.6 is 0 Å². The van der Waals surface area contributed by atoms with Gasteiger partial charge in [-0.2, -0.15) is 5.26 Å². The first-order chi connectivity index (χ1) is 35.0. The molecule has 0 bridgehead atoms. The van der Waals surface area contributed by atoms with Gasteiger partial charge in [0.05, 0.1) is 79.0 Å². The SMILES string of the molecule is [C-]#[N+]c1c(-n2c3ccccc3c3ccccc32)c(C#N)c(-n2c3ccccc3c3ccc4c(c32)C(C)(C)c2ccccc2-4)c(-n2c3ccccc3c3ccccc32)c1-n1c2ccccc2c2ccccc21. The number of benzene rings is 10. The van der Waals surface area contributed by atoms with Gasteiger partial charge in [-0.25, -0.2) is 4.85 Å². The fraction of sp³-hybridized carbons (Fsp3) is 0.0462. The zero-order chi connectivity index (χ0) is 47.3. The van der Waals surface area contributed by atoms with Gasteiger partial charge in [-0.15, -0.1) is 0 Å². The van der Waals surface area contributed by atoms with Crippen molar-refractivity contribution in [2.45, 2.75) is 19.3 Å². The van der Waals surface area contributed by atoms with Crippen LogP contribution in [0.3, 0.4) is 0 Å². The Morgan fingerprint density at radius 3 is 1.18 bits per heavy atom. The van der Waals surface area contributed by atoms with Crippen molar-refractivity contribution in [3.63, 3.8) is 0 Å². The molecule has 0 spiro atoms. The molecule has 0 aliphatic heterocycles. The summed E-state index contributed by atoms with van der Waals surface area (Å²) in [5.41, 5.74) is 15.6. The minimum Gasteiger partial charge on any atom is -0.318 e. The maximum atomic E-state index is 12.6. The van der Waals surface area contributed by atoms with E-state index in [0.29, 0.717) is 28.3 Å². The molecule has 0 radical (unpaired) electrons. The molecule has 14 aromatic rings. The summed E-state index contributed by atoms with van der Waals surface area (Å²) in [6.07, 6.45) is 0. The number of rotatable bonds is 4. The van der Waals surface area contributed by atoms with Crippen molar-refractivity contribution in [1.29, 1.82) is 5.26 Å². The van der Waals surface area contributed by atoms with Crippen LogP contribution in [0, 0.1) is 17.9 Å². The van der Waals surface area contributed by atoms with E-state index in [0.717, 1.165) is 92.9 Å². The summed E-state index contributed by atoms with van der Waals surface area (Å²) in [5, 5.41) is 21.1. The number of nitriles is 1. The van der Waals surface area contributed by atoms with Gasteiger partial charge >= 0.3 is 0 Å². The highest BCUT2D eigenvalue weighted by atomic mass is 15.1. The molecule has 4 heterocycles. The first-order valence-corrected chi connectivity index (χ1v) is 24.1. The van der Waals surface area contributed by atoms with Gasteiger partial charge < -0.3 is 18.3 Å². The Labute approximate surface area is 408 Å². The lowest BCUT2D eigenvalue weighted by molar-refractivity contribution is 0.664. The van der Waals surface area contributed by atoms with Gasteiger partial charge in [0.2, 0.25) is 5.69 Å². The van der Waals surface area contributed by atoms with Gasteiger partial charge in [-0.05, 0) is 64.7 Å². The van der Waals surface area contributed by atoms with Crippen LogP contribution < -0.4 is 0 Å². The Morgan fingerprint density at radius 2 is 0.746 bits per heavy atom. The van der Waals surface area contributed by atoms with Crippen LogP contribution in [-0.4, -0.2) is 18.3 Å².